The largest absolute Gasteiger partial charge is 0.296 e. The zero-order chi connectivity index (χ0) is 11.4. The summed E-state index contributed by atoms with van der Waals surface area (Å²) in [6, 6.07) is 4.96. The van der Waals surface area contributed by atoms with Crippen molar-refractivity contribution in [3.05, 3.63) is 20.8 Å². The lowest BCUT2D eigenvalue weighted by atomic mass is 10.2. The van der Waals surface area contributed by atoms with Crippen LogP contribution in [0.25, 0.3) is 0 Å². The molecule has 0 aliphatic rings. The van der Waals surface area contributed by atoms with Gasteiger partial charge in [-0.05, 0) is 47.8 Å². The fraction of sp³-hybridized carbons (Fsp3) is 0.667. The second kappa shape index (κ2) is 6.02. The topological polar surface area (TPSA) is 3.24 Å². The van der Waals surface area contributed by atoms with E-state index in [0.717, 1.165) is 12.5 Å². The van der Waals surface area contributed by atoms with Gasteiger partial charge in [0.05, 0.1) is 3.79 Å². The van der Waals surface area contributed by atoms with Gasteiger partial charge >= 0.3 is 0 Å². The quantitative estimate of drug-likeness (QED) is 0.778. The molecule has 1 aromatic rings. The van der Waals surface area contributed by atoms with Crippen molar-refractivity contribution in [2.24, 2.45) is 5.92 Å². The molecule has 1 heterocycles. The molecule has 0 amide bonds. The van der Waals surface area contributed by atoms with Crippen molar-refractivity contribution < 1.29 is 0 Å². The molecule has 0 saturated carbocycles. The number of nitrogens with zero attached hydrogens (tertiary/aromatic N) is 1. The minimum atomic E-state index is 0.619. The van der Waals surface area contributed by atoms with Crippen molar-refractivity contribution in [1.29, 1.82) is 0 Å². The number of hydrogen-bond acceptors (Lipinski definition) is 2. The van der Waals surface area contributed by atoms with Crippen molar-refractivity contribution in [3.8, 4) is 0 Å². The highest BCUT2D eigenvalue weighted by Crippen LogP contribution is 2.24. The van der Waals surface area contributed by atoms with E-state index in [1.54, 1.807) is 0 Å². The van der Waals surface area contributed by atoms with Crippen LogP contribution in [0.2, 0.25) is 0 Å². The average Bonchev–Trinajstić information content (AvgIpc) is 2.49. The van der Waals surface area contributed by atoms with Crippen LogP contribution in [0.1, 0.15) is 32.6 Å². The summed E-state index contributed by atoms with van der Waals surface area (Å²) in [5.74, 6) is 0.732. The summed E-state index contributed by atoms with van der Waals surface area (Å²) in [6.07, 6.45) is 0. The van der Waals surface area contributed by atoms with Crippen molar-refractivity contribution in [2.75, 3.05) is 6.54 Å². The molecule has 3 heteroatoms. The molecule has 0 N–H and O–H groups in total. The minimum absolute atomic E-state index is 0.619. The van der Waals surface area contributed by atoms with Crippen molar-refractivity contribution in [2.45, 2.75) is 40.3 Å². The summed E-state index contributed by atoms with van der Waals surface area (Å²) in [6.45, 7) is 11.3. The maximum Gasteiger partial charge on any atom is 0.0701 e. The Morgan fingerprint density at radius 2 is 1.93 bits per heavy atom. The van der Waals surface area contributed by atoms with Gasteiger partial charge in [-0.3, -0.25) is 4.90 Å². The molecule has 15 heavy (non-hydrogen) atoms. The van der Waals surface area contributed by atoms with Gasteiger partial charge in [-0.25, -0.2) is 0 Å². The molecule has 0 bridgehead atoms. The van der Waals surface area contributed by atoms with Gasteiger partial charge in [0, 0.05) is 24.0 Å². The van der Waals surface area contributed by atoms with E-state index in [-0.39, 0.29) is 0 Å². The fourth-order valence-corrected chi connectivity index (χ4v) is 3.07. The molecule has 0 radical (unpaired) electrons. The Morgan fingerprint density at radius 1 is 1.27 bits per heavy atom. The first-order valence-electron chi connectivity index (χ1n) is 5.47. The molecular weight excluding hydrogens is 270 g/mol. The summed E-state index contributed by atoms with van der Waals surface area (Å²) in [5.41, 5.74) is 0. The Hall–Kier alpha value is 0.140. The van der Waals surface area contributed by atoms with E-state index >= 15 is 0 Å². The molecule has 0 atom stereocenters. The average molecular weight is 290 g/mol. The van der Waals surface area contributed by atoms with Crippen LogP contribution in [-0.2, 0) is 6.54 Å². The lowest BCUT2D eigenvalue weighted by molar-refractivity contribution is 0.191. The van der Waals surface area contributed by atoms with E-state index in [4.69, 9.17) is 0 Å². The van der Waals surface area contributed by atoms with Crippen molar-refractivity contribution >= 4 is 27.3 Å². The molecule has 0 aliphatic heterocycles. The van der Waals surface area contributed by atoms with Crippen LogP contribution in [0.15, 0.2) is 15.9 Å². The first-order valence-corrected chi connectivity index (χ1v) is 7.08. The molecule has 0 aliphatic carbocycles. The summed E-state index contributed by atoms with van der Waals surface area (Å²) in [4.78, 5) is 3.97. The van der Waals surface area contributed by atoms with Gasteiger partial charge in [-0.15, -0.1) is 11.3 Å². The van der Waals surface area contributed by atoms with Crippen molar-refractivity contribution in [3.63, 3.8) is 0 Å². The molecule has 86 valence electrons. The first kappa shape index (κ1) is 13.2. The van der Waals surface area contributed by atoms with Crippen LogP contribution < -0.4 is 0 Å². The number of halogens is 1. The molecule has 0 fully saturated rings. The molecule has 1 rings (SSSR count). The molecule has 0 spiro atoms. The second-order valence-corrected chi connectivity index (χ2v) is 7.17. The maximum atomic E-state index is 3.51. The Kier molecular flexibility index (Phi) is 5.30. The van der Waals surface area contributed by atoms with E-state index in [9.17, 15) is 0 Å². The minimum Gasteiger partial charge on any atom is -0.296 e. The van der Waals surface area contributed by atoms with E-state index in [1.807, 2.05) is 11.3 Å². The predicted molar refractivity (Wildman–Crippen MR) is 72.4 cm³/mol. The zero-order valence-corrected chi connectivity index (χ0v) is 12.4. The van der Waals surface area contributed by atoms with Crippen LogP contribution in [0.5, 0.6) is 0 Å². The molecule has 0 saturated heterocycles. The molecule has 0 aromatic carbocycles. The first-order chi connectivity index (χ1) is 6.99. The molecule has 1 nitrogen and oxygen atoms in total. The van der Waals surface area contributed by atoms with E-state index < -0.39 is 0 Å². The number of hydrogen-bond donors (Lipinski definition) is 0. The van der Waals surface area contributed by atoms with Crippen LogP contribution >= 0.6 is 27.3 Å². The molecule has 0 unspecified atom stereocenters. The van der Waals surface area contributed by atoms with Gasteiger partial charge in [0.2, 0.25) is 0 Å². The number of rotatable bonds is 5. The predicted octanol–water partition coefficient (Wildman–Crippen LogP) is 4.38. The third-order valence-electron chi connectivity index (χ3n) is 2.32. The third-order valence-corrected chi connectivity index (χ3v) is 3.93. The highest BCUT2D eigenvalue weighted by Gasteiger charge is 2.12. The van der Waals surface area contributed by atoms with Gasteiger partial charge < -0.3 is 0 Å². The highest BCUT2D eigenvalue weighted by atomic mass is 79.9. The molecule has 1 aromatic heterocycles. The van der Waals surface area contributed by atoms with Crippen LogP contribution in [0.3, 0.4) is 0 Å². The molecular formula is C12H20BrNS. The van der Waals surface area contributed by atoms with Crippen LogP contribution in [0.4, 0.5) is 0 Å². The van der Waals surface area contributed by atoms with E-state index in [0.29, 0.717) is 6.04 Å². The Bertz CT molecular complexity index is 294. The summed E-state index contributed by atoms with van der Waals surface area (Å²) in [7, 11) is 0. The number of thiophene rings is 1. The lowest BCUT2D eigenvalue weighted by Gasteiger charge is -2.27. The second-order valence-electron chi connectivity index (χ2n) is 4.62. The Balaban J connectivity index is 2.58. The van der Waals surface area contributed by atoms with Gasteiger partial charge in [0.1, 0.15) is 0 Å². The fourth-order valence-electron chi connectivity index (χ4n) is 1.56. The maximum absolute atomic E-state index is 3.51. The summed E-state index contributed by atoms with van der Waals surface area (Å²) < 4.78 is 1.23. The van der Waals surface area contributed by atoms with E-state index in [1.165, 1.54) is 15.2 Å². The normalized spacial score (nSPS) is 12.0. The van der Waals surface area contributed by atoms with Gasteiger partial charge in [0.25, 0.3) is 0 Å². The zero-order valence-electron chi connectivity index (χ0n) is 9.96. The Labute approximate surface area is 106 Å². The Morgan fingerprint density at radius 3 is 2.33 bits per heavy atom. The van der Waals surface area contributed by atoms with Gasteiger partial charge in [-0.1, -0.05) is 13.8 Å². The van der Waals surface area contributed by atoms with E-state index in [2.05, 4.69) is 60.7 Å². The van der Waals surface area contributed by atoms with Crippen LogP contribution in [0, 0.1) is 5.92 Å². The lowest BCUT2D eigenvalue weighted by Crippen LogP contribution is -2.33. The monoisotopic (exact) mass is 289 g/mol. The smallest absolute Gasteiger partial charge is 0.0701 e. The summed E-state index contributed by atoms with van der Waals surface area (Å²) in [5, 5.41) is 0. The van der Waals surface area contributed by atoms with Crippen LogP contribution in [-0.4, -0.2) is 17.5 Å². The highest BCUT2D eigenvalue weighted by molar-refractivity contribution is 9.11. The summed E-state index contributed by atoms with van der Waals surface area (Å²) >= 11 is 5.35. The SMILES string of the molecule is CC(C)CN(Cc1ccc(Br)s1)C(C)C. The third kappa shape index (κ3) is 4.66. The standard InChI is InChI=1S/C12H20BrNS/c1-9(2)7-14(10(3)4)8-11-5-6-12(13)15-11/h5-6,9-10H,7-8H2,1-4H3. The van der Waals surface area contributed by atoms with Crippen molar-refractivity contribution in [1.82, 2.24) is 4.90 Å². The van der Waals surface area contributed by atoms with Gasteiger partial charge in [0.15, 0.2) is 0 Å². The van der Waals surface area contributed by atoms with Gasteiger partial charge in [-0.2, -0.15) is 0 Å².